The third-order valence-electron chi connectivity index (χ3n) is 2.91. The maximum absolute atomic E-state index is 5.21. The first kappa shape index (κ1) is 13.4. The summed E-state index contributed by atoms with van der Waals surface area (Å²) in [5.41, 5.74) is 2.28. The van der Waals surface area contributed by atoms with Gasteiger partial charge in [-0.05, 0) is 31.5 Å². The predicted molar refractivity (Wildman–Crippen MR) is 78.0 cm³/mol. The van der Waals surface area contributed by atoms with Crippen LogP contribution in [0.15, 0.2) is 42.7 Å². The molecule has 0 spiro atoms. The van der Waals surface area contributed by atoms with Crippen LogP contribution < -0.4 is 5.32 Å². The molecule has 0 atom stereocenters. The molecule has 0 saturated carbocycles. The van der Waals surface area contributed by atoms with Crippen molar-refractivity contribution in [3.63, 3.8) is 0 Å². The summed E-state index contributed by atoms with van der Waals surface area (Å²) in [4.78, 5) is 0. The Hall–Kier alpha value is -2.05. The van der Waals surface area contributed by atoms with E-state index in [-0.39, 0.29) is 0 Å². The SMILES string of the molecule is C#CCCCCNCc1cnn(-c2ccccc2)c1. The van der Waals surface area contributed by atoms with Crippen molar-refractivity contribution in [3.8, 4) is 18.0 Å². The minimum Gasteiger partial charge on any atom is -0.313 e. The Morgan fingerprint density at radius 1 is 1.21 bits per heavy atom. The van der Waals surface area contributed by atoms with E-state index in [2.05, 4.69) is 22.5 Å². The van der Waals surface area contributed by atoms with Crippen molar-refractivity contribution in [2.75, 3.05) is 6.54 Å². The first-order chi connectivity index (χ1) is 9.40. The average molecular weight is 253 g/mol. The van der Waals surface area contributed by atoms with Crippen LogP contribution in [0.4, 0.5) is 0 Å². The summed E-state index contributed by atoms with van der Waals surface area (Å²) in [7, 11) is 0. The molecule has 0 bridgehead atoms. The Balaban J connectivity index is 1.77. The van der Waals surface area contributed by atoms with Gasteiger partial charge in [-0.3, -0.25) is 0 Å². The molecule has 2 rings (SSSR count). The third-order valence-corrected chi connectivity index (χ3v) is 2.91. The van der Waals surface area contributed by atoms with E-state index in [9.17, 15) is 0 Å². The van der Waals surface area contributed by atoms with E-state index in [4.69, 9.17) is 6.42 Å². The lowest BCUT2D eigenvalue weighted by Crippen LogP contribution is -2.14. The maximum atomic E-state index is 5.21. The molecule has 19 heavy (non-hydrogen) atoms. The van der Waals surface area contributed by atoms with E-state index in [1.807, 2.05) is 41.2 Å². The second-order valence-electron chi connectivity index (χ2n) is 4.47. The molecule has 0 fully saturated rings. The van der Waals surface area contributed by atoms with Crippen LogP contribution in [-0.4, -0.2) is 16.3 Å². The van der Waals surface area contributed by atoms with Crippen LogP contribution in [0.25, 0.3) is 5.69 Å². The Morgan fingerprint density at radius 2 is 2.05 bits per heavy atom. The first-order valence-corrected chi connectivity index (χ1v) is 6.63. The quantitative estimate of drug-likeness (QED) is 0.607. The number of para-hydroxylation sites is 1. The van der Waals surface area contributed by atoms with Gasteiger partial charge in [-0.25, -0.2) is 4.68 Å². The van der Waals surface area contributed by atoms with Crippen molar-refractivity contribution >= 4 is 0 Å². The lowest BCUT2D eigenvalue weighted by molar-refractivity contribution is 0.629. The van der Waals surface area contributed by atoms with E-state index in [1.54, 1.807) is 0 Å². The molecular weight excluding hydrogens is 234 g/mol. The van der Waals surface area contributed by atoms with Crippen LogP contribution in [0.1, 0.15) is 24.8 Å². The standard InChI is InChI=1S/C16H19N3/c1-2-3-4-8-11-17-12-15-13-18-19(14-15)16-9-6-5-7-10-16/h1,5-7,9-10,13-14,17H,3-4,8,11-12H2. The highest BCUT2D eigenvalue weighted by molar-refractivity contribution is 5.30. The maximum Gasteiger partial charge on any atom is 0.0645 e. The molecule has 0 radical (unpaired) electrons. The van der Waals surface area contributed by atoms with Gasteiger partial charge in [0.05, 0.1) is 11.9 Å². The smallest absolute Gasteiger partial charge is 0.0645 e. The number of nitrogens with zero attached hydrogens (tertiary/aromatic N) is 2. The number of nitrogens with one attached hydrogen (secondary N) is 1. The molecule has 0 aliphatic carbocycles. The normalized spacial score (nSPS) is 10.3. The lowest BCUT2D eigenvalue weighted by atomic mass is 10.2. The number of unbranched alkanes of at least 4 members (excludes halogenated alkanes) is 2. The number of benzene rings is 1. The summed E-state index contributed by atoms with van der Waals surface area (Å²) < 4.78 is 1.90. The molecule has 1 N–H and O–H groups in total. The van der Waals surface area contributed by atoms with Crippen molar-refractivity contribution in [1.82, 2.24) is 15.1 Å². The molecule has 1 aromatic heterocycles. The molecule has 1 heterocycles. The molecule has 0 unspecified atom stereocenters. The minimum absolute atomic E-state index is 0.850. The van der Waals surface area contributed by atoms with Crippen molar-refractivity contribution in [1.29, 1.82) is 0 Å². The van der Waals surface area contributed by atoms with E-state index in [1.165, 1.54) is 5.56 Å². The van der Waals surface area contributed by atoms with Crippen LogP contribution in [0.5, 0.6) is 0 Å². The molecular formula is C16H19N3. The number of aromatic nitrogens is 2. The molecule has 98 valence electrons. The number of rotatable bonds is 7. The summed E-state index contributed by atoms with van der Waals surface area (Å²) in [6.07, 6.45) is 12.3. The van der Waals surface area contributed by atoms with E-state index < -0.39 is 0 Å². The van der Waals surface area contributed by atoms with E-state index >= 15 is 0 Å². The van der Waals surface area contributed by atoms with E-state index in [0.29, 0.717) is 0 Å². The van der Waals surface area contributed by atoms with Gasteiger partial charge < -0.3 is 5.32 Å². The van der Waals surface area contributed by atoms with Gasteiger partial charge in [0, 0.05) is 24.7 Å². The summed E-state index contributed by atoms with van der Waals surface area (Å²) in [6.45, 7) is 1.85. The molecule has 2 aromatic rings. The van der Waals surface area contributed by atoms with Crippen molar-refractivity contribution in [2.45, 2.75) is 25.8 Å². The zero-order valence-corrected chi connectivity index (χ0v) is 11.0. The molecule has 3 heteroatoms. The second kappa shape index (κ2) is 7.40. The number of hydrogen-bond acceptors (Lipinski definition) is 2. The summed E-state index contributed by atoms with van der Waals surface area (Å²) in [5, 5.41) is 7.77. The van der Waals surface area contributed by atoms with Gasteiger partial charge in [0.1, 0.15) is 0 Å². The summed E-state index contributed by atoms with van der Waals surface area (Å²) >= 11 is 0. The van der Waals surface area contributed by atoms with Crippen LogP contribution >= 0.6 is 0 Å². The van der Waals surface area contributed by atoms with Gasteiger partial charge in [-0.2, -0.15) is 5.10 Å². The Bertz CT molecular complexity index is 522. The highest BCUT2D eigenvalue weighted by atomic mass is 15.3. The second-order valence-corrected chi connectivity index (χ2v) is 4.47. The molecule has 0 aliphatic heterocycles. The van der Waals surface area contributed by atoms with Gasteiger partial charge in [0.15, 0.2) is 0 Å². The fourth-order valence-corrected chi connectivity index (χ4v) is 1.88. The van der Waals surface area contributed by atoms with Crippen LogP contribution in [0.3, 0.4) is 0 Å². The monoisotopic (exact) mass is 253 g/mol. The first-order valence-electron chi connectivity index (χ1n) is 6.63. The van der Waals surface area contributed by atoms with Crippen molar-refractivity contribution in [3.05, 3.63) is 48.3 Å². The molecule has 1 aromatic carbocycles. The van der Waals surface area contributed by atoms with Crippen molar-refractivity contribution < 1.29 is 0 Å². The minimum atomic E-state index is 0.850. The van der Waals surface area contributed by atoms with Crippen LogP contribution in [-0.2, 0) is 6.54 Å². The van der Waals surface area contributed by atoms with Crippen LogP contribution in [0, 0.1) is 12.3 Å². The Labute approximate surface area is 114 Å². The largest absolute Gasteiger partial charge is 0.313 e. The highest BCUT2D eigenvalue weighted by Crippen LogP contribution is 2.07. The average Bonchev–Trinajstić information content (AvgIpc) is 2.92. The number of hydrogen-bond donors (Lipinski definition) is 1. The zero-order chi connectivity index (χ0) is 13.3. The third kappa shape index (κ3) is 4.27. The van der Waals surface area contributed by atoms with Gasteiger partial charge in [0.2, 0.25) is 0 Å². The fourth-order valence-electron chi connectivity index (χ4n) is 1.88. The van der Waals surface area contributed by atoms with Gasteiger partial charge in [-0.15, -0.1) is 12.3 Å². The van der Waals surface area contributed by atoms with Gasteiger partial charge in [-0.1, -0.05) is 18.2 Å². The zero-order valence-electron chi connectivity index (χ0n) is 11.0. The highest BCUT2D eigenvalue weighted by Gasteiger charge is 1.99. The topological polar surface area (TPSA) is 29.9 Å². The van der Waals surface area contributed by atoms with Gasteiger partial charge >= 0.3 is 0 Å². The Morgan fingerprint density at radius 3 is 2.84 bits per heavy atom. The number of terminal acetylenes is 1. The molecule has 0 amide bonds. The molecule has 3 nitrogen and oxygen atoms in total. The summed E-state index contributed by atoms with van der Waals surface area (Å²) in [5.74, 6) is 2.66. The van der Waals surface area contributed by atoms with Gasteiger partial charge in [0.25, 0.3) is 0 Å². The lowest BCUT2D eigenvalue weighted by Gasteiger charge is -2.01. The van der Waals surface area contributed by atoms with E-state index in [0.717, 1.165) is 38.0 Å². The molecule has 0 aliphatic rings. The predicted octanol–water partition coefficient (Wildman–Crippen LogP) is 2.77. The Kier molecular flexibility index (Phi) is 5.21. The summed E-state index contributed by atoms with van der Waals surface area (Å²) in [6, 6.07) is 10.1. The van der Waals surface area contributed by atoms with Crippen molar-refractivity contribution in [2.24, 2.45) is 0 Å². The van der Waals surface area contributed by atoms with Crippen LogP contribution in [0.2, 0.25) is 0 Å². The molecule has 0 saturated heterocycles. The fraction of sp³-hybridized carbons (Fsp3) is 0.312.